The van der Waals surface area contributed by atoms with Crippen LogP contribution in [0.15, 0.2) is 12.0 Å². The molecule has 0 aromatic carbocycles. The largest absolute Gasteiger partial charge is 0.379 e. The summed E-state index contributed by atoms with van der Waals surface area (Å²) >= 11 is 0. The zero-order valence-corrected chi connectivity index (χ0v) is 20.3. The average Bonchev–Trinajstić information content (AvgIpc) is 2.73. The maximum atomic E-state index is 11.7. The van der Waals surface area contributed by atoms with Gasteiger partial charge in [-0.05, 0) is 6.42 Å². The van der Waals surface area contributed by atoms with Crippen LogP contribution in [0.1, 0.15) is 110 Å². The molecule has 178 valence electrons. The van der Waals surface area contributed by atoms with Crippen LogP contribution in [-0.2, 0) is 19.4 Å². The van der Waals surface area contributed by atoms with Crippen LogP contribution in [0.2, 0.25) is 0 Å². The van der Waals surface area contributed by atoms with Gasteiger partial charge in [-0.25, -0.2) is 8.42 Å². The number of hydrogen-bond donors (Lipinski definition) is 1. The zero-order valence-electron chi connectivity index (χ0n) is 19.5. The van der Waals surface area contributed by atoms with E-state index in [1.54, 1.807) is 0 Å². The van der Waals surface area contributed by atoms with Crippen molar-refractivity contribution in [3.05, 3.63) is 12.0 Å². The minimum absolute atomic E-state index is 0.0482. The van der Waals surface area contributed by atoms with Gasteiger partial charge in [-0.1, -0.05) is 103 Å². The summed E-state index contributed by atoms with van der Waals surface area (Å²) < 4.78 is 27.6. The highest BCUT2D eigenvalue weighted by Crippen LogP contribution is 2.13. The molecule has 1 N–H and O–H groups in total. The lowest BCUT2D eigenvalue weighted by molar-refractivity contribution is -0.121. The summed E-state index contributed by atoms with van der Waals surface area (Å²) in [6.07, 6.45) is 20.3. The van der Waals surface area contributed by atoms with Crippen LogP contribution >= 0.6 is 0 Å². The Hall–Kier alpha value is -0.880. The van der Waals surface area contributed by atoms with Gasteiger partial charge in [-0.2, -0.15) is 0 Å². The first-order valence-corrected chi connectivity index (χ1v) is 13.9. The van der Waals surface area contributed by atoms with E-state index in [9.17, 15) is 13.2 Å². The maximum absolute atomic E-state index is 11.7. The highest BCUT2D eigenvalue weighted by Gasteiger charge is 2.04. The van der Waals surface area contributed by atoms with Crippen LogP contribution in [0, 0.1) is 0 Å². The zero-order chi connectivity index (χ0) is 22.3. The highest BCUT2D eigenvalue weighted by molar-refractivity contribution is 7.94. The Morgan fingerprint density at radius 2 is 1.27 bits per heavy atom. The monoisotopic (exact) mass is 445 g/mol. The lowest BCUT2D eigenvalue weighted by Crippen LogP contribution is -2.27. The Labute approximate surface area is 186 Å². The number of hydrogen-bond acceptors (Lipinski definition) is 4. The highest BCUT2D eigenvalue weighted by atomic mass is 32.2. The summed E-state index contributed by atoms with van der Waals surface area (Å²) in [6, 6.07) is 0. The summed E-state index contributed by atoms with van der Waals surface area (Å²) in [5, 5.41) is 3.75. The van der Waals surface area contributed by atoms with E-state index in [1.807, 2.05) is 0 Å². The Bertz CT molecular complexity index is 505. The quantitative estimate of drug-likeness (QED) is 0.198. The van der Waals surface area contributed by atoms with Gasteiger partial charge in [-0.3, -0.25) is 4.79 Å². The number of carbonyl (C=O) groups excluding carboxylic acids is 1. The van der Waals surface area contributed by atoms with E-state index in [1.165, 1.54) is 83.5 Å². The number of carbonyl (C=O) groups is 1. The first kappa shape index (κ1) is 29.1. The van der Waals surface area contributed by atoms with Crippen molar-refractivity contribution >= 4 is 15.7 Å². The van der Waals surface area contributed by atoms with Crippen LogP contribution in [0.3, 0.4) is 0 Å². The van der Waals surface area contributed by atoms with Crippen LogP contribution in [0.5, 0.6) is 0 Å². The molecule has 0 saturated carbocycles. The molecule has 0 fully saturated rings. The van der Waals surface area contributed by atoms with Gasteiger partial charge >= 0.3 is 0 Å². The molecular formula is C24H47NO4S. The third kappa shape index (κ3) is 21.8. The van der Waals surface area contributed by atoms with Gasteiger partial charge in [-0.15, -0.1) is 0 Å². The molecule has 5 nitrogen and oxygen atoms in total. The SMILES string of the molecule is C=CS(=O)(=O)CCOCCNC(=O)CCCCCCCCCCCCCCCCC. The fourth-order valence-electron chi connectivity index (χ4n) is 3.37. The molecule has 30 heavy (non-hydrogen) atoms. The van der Waals surface area contributed by atoms with E-state index in [0.717, 1.165) is 18.2 Å². The van der Waals surface area contributed by atoms with Crippen LogP contribution < -0.4 is 5.32 Å². The van der Waals surface area contributed by atoms with Crippen molar-refractivity contribution < 1.29 is 17.9 Å². The predicted molar refractivity (Wildman–Crippen MR) is 127 cm³/mol. The fraction of sp³-hybridized carbons (Fsp3) is 0.875. The summed E-state index contributed by atoms with van der Waals surface area (Å²) in [4.78, 5) is 11.7. The summed E-state index contributed by atoms with van der Waals surface area (Å²) in [6.45, 7) is 6.40. The van der Waals surface area contributed by atoms with Gasteiger partial charge in [0.25, 0.3) is 0 Å². The summed E-state index contributed by atoms with van der Waals surface area (Å²) in [5.41, 5.74) is 0. The molecule has 0 radical (unpaired) electrons. The molecule has 0 aliphatic carbocycles. The van der Waals surface area contributed by atoms with E-state index >= 15 is 0 Å². The van der Waals surface area contributed by atoms with Crippen molar-refractivity contribution in [2.24, 2.45) is 0 Å². The van der Waals surface area contributed by atoms with Gasteiger partial charge in [0.2, 0.25) is 5.91 Å². The Balaban J connectivity index is 3.24. The van der Waals surface area contributed by atoms with Crippen LogP contribution in [0.4, 0.5) is 0 Å². The van der Waals surface area contributed by atoms with Gasteiger partial charge in [0, 0.05) is 18.4 Å². The van der Waals surface area contributed by atoms with Crippen LogP contribution in [0.25, 0.3) is 0 Å². The smallest absolute Gasteiger partial charge is 0.220 e. The lowest BCUT2D eigenvalue weighted by Gasteiger charge is -2.06. The van der Waals surface area contributed by atoms with Gasteiger partial charge in [0.1, 0.15) is 0 Å². The number of unbranched alkanes of at least 4 members (excludes halogenated alkanes) is 14. The Morgan fingerprint density at radius 1 is 0.800 bits per heavy atom. The molecule has 0 spiro atoms. The normalized spacial score (nSPS) is 11.5. The third-order valence-corrected chi connectivity index (χ3v) is 6.59. The van der Waals surface area contributed by atoms with Crippen molar-refractivity contribution in [1.29, 1.82) is 0 Å². The molecule has 6 heteroatoms. The second-order valence-electron chi connectivity index (χ2n) is 8.20. The number of ether oxygens (including phenoxy) is 1. The minimum atomic E-state index is -3.20. The maximum Gasteiger partial charge on any atom is 0.220 e. The molecule has 0 aliphatic rings. The molecule has 0 aliphatic heterocycles. The molecule has 0 rings (SSSR count). The minimum Gasteiger partial charge on any atom is -0.379 e. The van der Waals surface area contributed by atoms with E-state index in [0.29, 0.717) is 19.6 Å². The second-order valence-corrected chi connectivity index (χ2v) is 10.3. The number of sulfone groups is 1. The van der Waals surface area contributed by atoms with Crippen molar-refractivity contribution in [2.75, 3.05) is 25.5 Å². The number of amides is 1. The van der Waals surface area contributed by atoms with E-state index in [-0.39, 0.29) is 18.3 Å². The fourth-order valence-corrected chi connectivity index (χ4v) is 3.89. The molecule has 1 amide bonds. The number of nitrogens with one attached hydrogen (secondary N) is 1. The first-order chi connectivity index (χ1) is 14.5. The van der Waals surface area contributed by atoms with Gasteiger partial charge in [0.05, 0.1) is 19.0 Å². The first-order valence-electron chi connectivity index (χ1n) is 12.2. The van der Waals surface area contributed by atoms with Crippen LogP contribution in [-0.4, -0.2) is 39.8 Å². The molecule has 0 bridgehead atoms. The van der Waals surface area contributed by atoms with Gasteiger partial charge in [0.15, 0.2) is 9.84 Å². The topological polar surface area (TPSA) is 72.5 Å². The average molecular weight is 446 g/mol. The molecule has 0 atom stereocenters. The summed E-state index contributed by atoms with van der Waals surface area (Å²) in [7, 11) is -3.20. The van der Waals surface area contributed by atoms with E-state index in [2.05, 4.69) is 18.8 Å². The van der Waals surface area contributed by atoms with Crippen molar-refractivity contribution in [3.8, 4) is 0 Å². The van der Waals surface area contributed by atoms with Crippen molar-refractivity contribution in [2.45, 2.75) is 110 Å². The standard InChI is InChI=1S/C24H47NO4S/c1-3-5-6-7-8-9-10-11-12-13-14-15-16-17-18-19-24(26)25-20-21-29-22-23-30(27,28)4-2/h4H,2-3,5-23H2,1H3,(H,25,26). The van der Waals surface area contributed by atoms with E-state index in [4.69, 9.17) is 4.74 Å². The molecule has 0 heterocycles. The third-order valence-electron chi connectivity index (χ3n) is 5.34. The Kier molecular flexibility index (Phi) is 20.7. The van der Waals surface area contributed by atoms with E-state index < -0.39 is 9.84 Å². The van der Waals surface area contributed by atoms with Crippen molar-refractivity contribution in [3.63, 3.8) is 0 Å². The number of rotatable bonds is 23. The lowest BCUT2D eigenvalue weighted by atomic mass is 10.0. The molecule has 0 saturated heterocycles. The van der Waals surface area contributed by atoms with Crippen molar-refractivity contribution in [1.82, 2.24) is 5.32 Å². The molecule has 0 unspecified atom stereocenters. The molecular weight excluding hydrogens is 398 g/mol. The molecule has 0 aromatic heterocycles. The predicted octanol–water partition coefficient (Wildman–Crippen LogP) is 5.94. The Morgan fingerprint density at radius 3 is 1.73 bits per heavy atom. The molecule has 0 aromatic rings. The second kappa shape index (κ2) is 21.4. The summed E-state index contributed by atoms with van der Waals surface area (Å²) in [5.74, 6) is -0.0177. The van der Waals surface area contributed by atoms with Gasteiger partial charge < -0.3 is 10.1 Å².